The maximum Gasteiger partial charge on any atom is 0.264 e. The molecule has 0 spiro atoms. The highest BCUT2D eigenvalue weighted by atomic mass is 32.2. The van der Waals surface area contributed by atoms with Gasteiger partial charge in [-0.05, 0) is 55.7 Å². The lowest BCUT2D eigenvalue weighted by Gasteiger charge is -2.34. The maximum atomic E-state index is 14.3. The van der Waals surface area contributed by atoms with E-state index >= 15 is 0 Å². The van der Waals surface area contributed by atoms with Crippen molar-refractivity contribution in [3.63, 3.8) is 0 Å². The number of carbonyl (C=O) groups is 2. The Balaban J connectivity index is 1.79. The molecule has 8 heteroatoms. The molecule has 0 saturated carbocycles. The summed E-state index contributed by atoms with van der Waals surface area (Å²) < 4.78 is 29.3. The van der Waals surface area contributed by atoms with Crippen LogP contribution < -0.4 is 9.62 Å². The molecular formula is C34H37N3O4S. The van der Waals surface area contributed by atoms with E-state index < -0.39 is 28.5 Å². The van der Waals surface area contributed by atoms with Gasteiger partial charge in [0.25, 0.3) is 10.0 Å². The van der Waals surface area contributed by atoms with Gasteiger partial charge < -0.3 is 10.2 Å². The topological polar surface area (TPSA) is 86.8 Å². The van der Waals surface area contributed by atoms with Crippen molar-refractivity contribution in [1.82, 2.24) is 10.2 Å². The molecule has 2 amide bonds. The number of sulfonamides is 1. The van der Waals surface area contributed by atoms with E-state index in [4.69, 9.17) is 0 Å². The highest BCUT2D eigenvalue weighted by Gasteiger charge is 2.34. The lowest BCUT2D eigenvalue weighted by atomic mass is 10.0. The fourth-order valence-corrected chi connectivity index (χ4v) is 6.28. The molecule has 4 rings (SSSR count). The number of carbonyl (C=O) groups excluding carboxylic acids is 2. The molecule has 0 aliphatic rings. The molecular weight excluding hydrogens is 546 g/mol. The number of likely N-dealkylation sites (N-methyl/N-ethyl adjacent to an activating group) is 1. The summed E-state index contributed by atoms with van der Waals surface area (Å²) in [6.45, 7) is 5.33. The Labute approximate surface area is 248 Å². The predicted octanol–water partition coefficient (Wildman–Crippen LogP) is 5.19. The quantitative estimate of drug-likeness (QED) is 0.263. The highest BCUT2D eigenvalue weighted by Crippen LogP contribution is 2.28. The Morgan fingerprint density at radius 1 is 0.738 bits per heavy atom. The second-order valence-electron chi connectivity index (χ2n) is 10.4. The third kappa shape index (κ3) is 7.25. The van der Waals surface area contributed by atoms with Gasteiger partial charge in [0.2, 0.25) is 11.8 Å². The molecule has 0 saturated heterocycles. The zero-order valence-corrected chi connectivity index (χ0v) is 25.3. The molecule has 0 aliphatic carbocycles. The molecule has 0 bridgehead atoms. The largest absolute Gasteiger partial charge is 0.357 e. The van der Waals surface area contributed by atoms with Crippen molar-refractivity contribution in [2.75, 3.05) is 17.9 Å². The molecule has 0 aliphatic heterocycles. The van der Waals surface area contributed by atoms with Gasteiger partial charge in [-0.25, -0.2) is 8.42 Å². The summed E-state index contributed by atoms with van der Waals surface area (Å²) in [5.41, 5.74) is 4.82. The van der Waals surface area contributed by atoms with E-state index in [2.05, 4.69) is 5.32 Å². The zero-order valence-electron chi connectivity index (χ0n) is 24.4. The van der Waals surface area contributed by atoms with Crippen molar-refractivity contribution in [3.8, 4) is 0 Å². The third-order valence-corrected chi connectivity index (χ3v) is 9.04. The van der Waals surface area contributed by atoms with Crippen LogP contribution in [-0.4, -0.2) is 44.8 Å². The summed E-state index contributed by atoms with van der Waals surface area (Å²) in [5, 5.41) is 2.71. The number of nitrogens with zero attached hydrogens (tertiary/aromatic N) is 2. The Kier molecular flexibility index (Phi) is 9.80. The van der Waals surface area contributed by atoms with Gasteiger partial charge in [0.1, 0.15) is 12.6 Å². The van der Waals surface area contributed by atoms with Crippen LogP contribution in [0.1, 0.15) is 27.8 Å². The number of benzene rings is 4. The SMILES string of the molecule is CNC(=O)[C@H](Cc1ccccc1)N(Cc1ccc(C)cc1)C(=O)CN(c1ccccc1C)S(=O)(=O)c1ccc(C)cc1. The number of nitrogens with one attached hydrogen (secondary N) is 1. The first kappa shape index (κ1) is 30.5. The first-order chi connectivity index (χ1) is 20.1. The van der Waals surface area contributed by atoms with E-state index in [9.17, 15) is 18.0 Å². The van der Waals surface area contributed by atoms with E-state index in [1.807, 2.05) is 87.5 Å². The molecule has 0 unspecified atom stereocenters. The number of hydrogen-bond donors (Lipinski definition) is 1. The average molecular weight is 584 g/mol. The standard InChI is InChI=1S/C34H37N3O4S/c1-25-14-18-29(19-15-25)23-36(32(34(39)35-4)22-28-11-6-5-7-12-28)33(38)24-37(31-13-9-8-10-27(31)3)42(40,41)30-20-16-26(2)17-21-30/h5-21,32H,22-24H2,1-4H3,(H,35,39)/t32-/m0/s1. The Morgan fingerprint density at radius 2 is 1.31 bits per heavy atom. The summed E-state index contributed by atoms with van der Waals surface area (Å²) in [7, 11) is -2.59. The van der Waals surface area contributed by atoms with Gasteiger partial charge in [0, 0.05) is 20.0 Å². The molecule has 218 valence electrons. The van der Waals surface area contributed by atoms with Crippen LogP contribution >= 0.6 is 0 Å². The van der Waals surface area contributed by atoms with Gasteiger partial charge in [-0.3, -0.25) is 13.9 Å². The van der Waals surface area contributed by atoms with Gasteiger partial charge in [-0.2, -0.15) is 0 Å². The van der Waals surface area contributed by atoms with Crippen molar-refractivity contribution in [1.29, 1.82) is 0 Å². The van der Waals surface area contributed by atoms with Crippen LogP contribution in [0.3, 0.4) is 0 Å². The van der Waals surface area contributed by atoms with E-state index in [1.165, 1.54) is 11.9 Å². The van der Waals surface area contributed by atoms with Gasteiger partial charge in [-0.1, -0.05) is 96.1 Å². The first-order valence-electron chi connectivity index (χ1n) is 13.9. The second kappa shape index (κ2) is 13.5. The maximum absolute atomic E-state index is 14.3. The summed E-state index contributed by atoms with van der Waals surface area (Å²) >= 11 is 0. The van der Waals surface area contributed by atoms with E-state index in [1.54, 1.807) is 36.4 Å². The van der Waals surface area contributed by atoms with Crippen LogP contribution in [-0.2, 0) is 32.6 Å². The van der Waals surface area contributed by atoms with Crippen molar-refractivity contribution in [2.45, 2.75) is 44.7 Å². The number of para-hydroxylation sites is 1. The number of amides is 2. The van der Waals surface area contributed by atoms with Gasteiger partial charge in [-0.15, -0.1) is 0 Å². The van der Waals surface area contributed by atoms with E-state index in [-0.39, 0.29) is 23.8 Å². The van der Waals surface area contributed by atoms with Crippen LogP contribution in [0.15, 0.2) is 108 Å². The molecule has 1 atom stereocenters. The average Bonchev–Trinajstić information content (AvgIpc) is 2.99. The third-order valence-electron chi connectivity index (χ3n) is 7.26. The summed E-state index contributed by atoms with van der Waals surface area (Å²) in [6, 6.07) is 30.0. The van der Waals surface area contributed by atoms with Gasteiger partial charge in [0.05, 0.1) is 10.6 Å². The monoisotopic (exact) mass is 583 g/mol. The summed E-state index contributed by atoms with van der Waals surface area (Å²) in [6.07, 6.45) is 0.271. The molecule has 7 nitrogen and oxygen atoms in total. The van der Waals surface area contributed by atoms with Crippen LogP contribution in [0.4, 0.5) is 5.69 Å². The second-order valence-corrected chi connectivity index (χ2v) is 12.3. The van der Waals surface area contributed by atoms with Crippen LogP contribution in [0, 0.1) is 20.8 Å². The van der Waals surface area contributed by atoms with Gasteiger partial charge >= 0.3 is 0 Å². The number of anilines is 1. The van der Waals surface area contributed by atoms with Crippen molar-refractivity contribution < 1.29 is 18.0 Å². The molecule has 4 aromatic rings. The normalized spacial score (nSPS) is 11.9. The molecule has 0 radical (unpaired) electrons. The smallest absolute Gasteiger partial charge is 0.264 e. The number of hydrogen-bond acceptors (Lipinski definition) is 4. The lowest BCUT2D eigenvalue weighted by molar-refractivity contribution is -0.139. The van der Waals surface area contributed by atoms with Gasteiger partial charge in [0.15, 0.2) is 0 Å². The molecule has 0 aromatic heterocycles. The molecule has 42 heavy (non-hydrogen) atoms. The number of aryl methyl sites for hydroxylation is 3. The first-order valence-corrected chi connectivity index (χ1v) is 15.3. The van der Waals surface area contributed by atoms with E-state index in [0.29, 0.717) is 11.3 Å². The Morgan fingerprint density at radius 3 is 1.90 bits per heavy atom. The Hall–Kier alpha value is -4.43. The summed E-state index contributed by atoms with van der Waals surface area (Å²) in [5.74, 6) is -0.817. The molecule has 4 aromatic carbocycles. The fraction of sp³-hybridized carbons (Fsp3) is 0.235. The predicted molar refractivity (Wildman–Crippen MR) is 167 cm³/mol. The van der Waals surface area contributed by atoms with Crippen molar-refractivity contribution in [3.05, 3.63) is 131 Å². The van der Waals surface area contributed by atoms with E-state index in [0.717, 1.165) is 26.6 Å². The molecule has 0 heterocycles. The van der Waals surface area contributed by atoms with Crippen LogP contribution in [0.2, 0.25) is 0 Å². The molecule has 0 fully saturated rings. The Bertz CT molecular complexity index is 1620. The minimum absolute atomic E-state index is 0.0846. The zero-order chi connectivity index (χ0) is 30.3. The minimum atomic E-state index is -4.13. The minimum Gasteiger partial charge on any atom is -0.357 e. The fourth-order valence-electron chi connectivity index (χ4n) is 4.80. The van der Waals surface area contributed by atoms with Crippen molar-refractivity contribution in [2.24, 2.45) is 0 Å². The van der Waals surface area contributed by atoms with Crippen molar-refractivity contribution >= 4 is 27.5 Å². The van der Waals surface area contributed by atoms with Crippen LogP contribution in [0.5, 0.6) is 0 Å². The summed E-state index contributed by atoms with van der Waals surface area (Å²) in [4.78, 5) is 29.2. The highest BCUT2D eigenvalue weighted by molar-refractivity contribution is 7.92. The lowest BCUT2D eigenvalue weighted by Crippen LogP contribution is -2.53. The van der Waals surface area contributed by atoms with Crippen LogP contribution in [0.25, 0.3) is 0 Å². The molecule has 1 N–H and O–H groups in total. The number of rotatable bonds is 11.